The fraction of sp³-hybridized carbons (Fsp3) is 0.136. The van der Waals surface area contributed by atoms with Crippen LogP contribution in [0, 0.1) is 20.8 Å². The van der Waals surface area contributed by atoms with E-state index in [1.807, 2.05) is 36.6 Å². The monoisotopic (exact) mass is 371 g/mol. The molecule has 3 N–H and O–H groups in total. The smallest absolute Gasteiger partial charge is 0.248 e. The summed E-state index contributed by atoms with van der Waals surface area (Å²) in [6.07, 6.45) is 0. The second-order valence-electron chi connectivity index (χ2n) is 6.92. The highest BCUT2D eigenvalue weighted by Gasteiger charge is 2.15. The molecule has 2 heterocycles. The minimum atomic E-state index is -0.445. The van der Waals surface area contributed by atoms with Crippen molar-refractivity contribution >= 4 is 23.1 Å². The Morgan fingerprint density at radius 2 is 1.68 bits per heavy atom. The summed E-state index contributed by atoms with van der Waals surface area (Å²) in [5, 5.41) is 8.18. The first-order valence-electron chi connectivity index (χ1n) is 9.03. The zero-order valence-corrected chi connectivity index (χ0v) is 16.0. The number of rotatable bonds is 4. The molecule has 2 aromatic heterocycles. The third-order valence-electron chi connectivity index (χ3n) is 4.71. The van der Waals surface area contributed by atoms with Crippen molar-refractivity contribution in [1.29, 1.82) is 0 Å². The first-order chi connectivity index (χ1) is 13.4. The zero-order chi connectivity index (χ0) is 19.8. The van der Waals surface area contributed by atoms with Gasteiger partial charge in [0.15, 0.2) is 5.65 Å². The fourth-order valence-electron chi connectivity index (χ4n) is 3.19. The van der Waals surface area contributed by atoms with Crippen LogP contribution >= 0.6 is 0 Å². The van der Waals surface area contributed by atoms with Crippen LogP contribution in [0.25, 0.3) is 16.9 Å². The number of fused-ring (bicyclic) bond motifs is 1. The van der Waals surface area contributed by atoms with Gasteiger partial charge in [-0.25, -0.2) is 4.98 Å². The summed E-state index contributed by atoms with van der Waals surface area (Å²) in [6.45, 7) is 6.06. The molecule has 0 radical (unpaired) electrons. The standard InChI is InChI=1S/C22H21N5O/c1-13-4-6-16(7-5-13)20-15(3)22-24-14(2)12-19(27(22)26-20)25-18-10-8-17(9-11-18)21(23)28/h4-12,25H,1-3H3,(H2,23,28). The second kappa shape index (κ2) is 6.81. The Kier molecular flexibility index (Phi) is 4.31. The van der Waals surface area contributed by atoms with Gasteiger partial charge in [-0.2, -0.15) is 9.61 Å². The van der Waals surface area contributed by atoms with Crippen molar-refractivity contribution < 1.29 is 4.79 Å². The summed E-state index contributed by atoms with van der Waals surface area (Å²) in [4.78, 5) is 15.9. The van der Waals surface area contributed by atoms with Crippen molar-refractivity contribution in [3.8, 4) is 11.3 Å². The van der Waals surface area contributed by atoms with Gasteiger partial charge >= 0.3 is 0 Å². The van der Waals surface area contributed by atoms with Gasteiger partial charge in [-0.1, -0.05) is 29.8 Å². The van der Waals surface area contributed by atoms with Gasteiger partial charge in [0, 0.05) is 34.1 Å². The third kappa shape index (κ3) is 3.20. The topological polar surface area (TPSA) is 85.3 Å². The van der Waals surface area contributed by atoms with Crippen molar-refractivity contribution in [2.45, 2.75) is 20.8 Å². The van der Waals surface area contributed by atoms with Crippen molar-refractivity contribution in [1.82, 2.24) is 14.6 Å². The molecule has 2 aromatic carbocycles. The number of carbonyl (C=O) groups is 1. The van der Waals surface area contributed by atoms with E-state index in [0.717, 1.165) is 39.7 Å². The highest BCUT2D eigenvalue weighted by molar-refractivity contribution is 5.93. The van der Waals surface area contributed by atoms with Crippen LogP contribution in [0.15, 0.2) is 54.6 Å². The number of nitrogens with zero attached hydrogens (tertiary/aromatic N) is 3. The summed E-state index contributed by atoms with van der Waals surface area (Å²) >= 11 is 0. The molecule has 0 atom stereocenters. The van der Waals surface area contributed by atoms with E-state index in [9.17, 15) is 4.79 Å². The van der Waals surface area contributed by atoms with Gasteiger partial charge in [0.05, 0.1) is 5.69 Å². The molecule has 0 aliphatic rings. The second-order valence-corrected chi connectivity index (χ2v) is 6.92. The van der Waals surface area contributed by atoms with Gasteiger partial charge in [-0.3, -0.25) is 4.79 Å². The number of benzene rings is 2. The molecule has 0 fully saturated rings. The third-order valence-corrected chi connectivity index (χ3v) is 4.71. The van der Waals surface area contributed by atoms with Crippen molar-refractivity contribution in [2.24, 2.45) is 5.73 Å². The summed E-state index contributed by atoms with van der Waals surface area (Å²) in [6, 6.07) is 17.3. The normalized spacial score (nSPS) is 11.0. The summed E-state index contributed by atoms with van der Waals surface area (Å²) in [5.41, 5.74) is 12.5. The Morgan fingerprint density at radius 3 is 2.32 bits per heavy atom. The van der Waals surface area contributed by atoms with Gasteiger partial charge in [0.25, 0.3) is 0 Å². The van der Waals surface area contributed by atoms with E-state index < -0.39 is 5.91 Å². The van der Waals surface area contributed by atoms with Crippen LogP contribution in [0.1, 0.15) is 27.2 Å². The van der Waals surface area contributed by atoms with E-state index in [1.54, 1.807) is 12.1 Å². The minimum absolute atomic E-state index is 0.445. The van der Waals surface area contributed by atoms with E-state index in [0.29, 0.717) is 5.56 Å². The number of primary amides is 1. The lowest BCUT2D eigenvalue weighted by molar-refractivity contribution is 0.100. The first-order valence-corrected chi connectivity index (χ1v) is 9.03. The van der Waals surface area contributed by atoms with Crippen LogP contribution in [0.3, 0.4) is 0 Å². The summed E-state index contributed by atoms with van der Waals surface area (Å²) in [7, 11) is 0. The lowest BCUT2D eigenvalue weighted by Crippen LogP contribution is -2.10. The maximum absolute atomic E-state index is 11.3. The largest absolute Gasteiger partial charge is 0.366 e. The van der Waals surface area contributed by atoms with E-state index in [4.69, 9.17) is 10.8 Å². The molecule has 1 amide bonds. The molecule has 0 saturated heterocycles. The van der Waals surface area contributed by atoms with E-state index in [-0.39, 0.29) is 0 Å². The maximum Gasteiger partial charge on any atom is 0.248 e. The number of aryl methyl sites for hydroxylation is 3. The van der Waals surface area contributed by atoms with Gasteiger partial charge in [-0.15, -0.1) is 0 Å². The summed E-state index contributed by atoms with van der Waals surface area (Å²) < 4.78 is 1.82. The molecule has 4 aromatic rings. The van der Waals surface area contributed by atoms with Gasteiger partial charge in [-0.05, 0) is 45.0 Å². The number of carbonyl (C=O) groups excluding carboxylic acids is 1. The molecule has 0 bridgehead atoms. The number of nitrogens with one attached hydrogen (secondary N) is 1. The fourth-order valence-corrected chi connectivity index (χ4v) is 3.19. The highest BCUT2D eigenvalue weighted by atomic mass is 16.1. The van der Waals surface area contributed by atoms with Crippen LogP contribution in [-0.2, 0) is 0 Å². The average molecular weight is 371 g/mol. The quantitative estimate of drug-likeness (QED) is 0.564. The maximum atomic E-state index is 11.3. The predicted octanol–water partition coefficient (Wildman–Crippen LogP) is 4.16. The number of nitrogens with two attached hydrogens (primary N) is 1. The van der Waals surface area contributed by atoms with Gasteiger partial charge in [0.2, 0.25) is 5.91 Å². The van der Waals surface area contributed by atoms with Crippen molar-refractivity contribution in [2.75, 3.05) is 5.32 Å². The predicted molar refractivity (Wildman–Crippen MR) is 111 cm³/mol. The molecule has 0 saturated carbocycles. The Bertz CT molecular complexity index is 1170. The first kappa shape index (κ1) is 17.7. The number of hydrogen-bond acceptors (Lipinski definition) is 4. The Balaban J connectivity index is 1.79. The van der Waals surface area contributed by atoms with Crippen LogP contribution < -0.4 is 11.1 Å². The van der Waals surface area contributed by atoms with Gasteiger partial charge in [0.1, 0.15) is 5.82 Å². The summed E-state index contributed by atoms with van der Waals surface area (Å²) in [5.74, 6) is 0.356. The van der Waals surface area contributed by atoms with Crippen LogP contribution in [-0.4, -0.2) is 20.5 Å². The lowest BCUT2D eigenvalue weighted by Gasteiger charge is -2.10. The Labute approximate surface area is 163 Å². The zero-order valence-electron chi connectivity index (χ0n) is 16.0. The molecular weight excluding hydrogens is 350 g/mol. The average Bonchev–Trinajstić information content (AvgIpc) is 3.00. The van der Waals surface area contributed by atoms with Crippen molar-refractivity contribution in [3.05, 3.63) is 77.0 Å². The van der Waals surface area contributed by atoms with E-state index in [1.165, 1.54) is 5.56 Å². The Hall–Kier alpha value is -3.67. The van der Waals surface area contributed by atoms with Crippen LogP contribution in [0.4, 0.5) is 11.5 Å². The molecule has 0 spiro atoms. The SMILES string of the molecule is Cc1ccc(-c2nn3c(Nc4ccc(C(N)=O)cc4)cc(C)nc3c2C)cc1. The van der Waals surface area contributed by atoms with Crippen LogP contribution in [0.2, 0.25) is 0 Å². The molecular formula is C22H21N5O. The molecule has 140 valence electrons. The Morgan fingerprint density at radius 1 is 1.00 bits per heavy atom. The van der Waals surface area contributed by atoms with E-state index >= 15 is 0 Å². The molecule has 0 aliphatic carbocycles. The number of aromatic nitrogens is 3. The highest BCUT2D eigenvalue weighted by Crippen LogP contribution is 2.28. The molecule has 4 rings (SSSR count). The van der Waals surface area contributed by atoms with Gasteiger partial charge < -0.3 is 11.1 Å². The molecule has 6 heteroatoms. The number of amides is 1. The number of hydrogen-bond donors (Lipinski definition) is 2. The molecule has 28 heavy (non-hydrogen) atoms. The minimum Gasteiger partial charge on any atom is -0.366 e. The number of anilines is 2. The van der Waals surface area contributed by atoms with Crippen molar-refractivity contribution in [3.63, 3.8) is 0 Å². The molecule has 0 aliphatic heterocycles. The van der Waals surface area contributed by atoms with E-state index in [2.05, 4.69) is 41.5 Å². The lowest BCUT2D eigenvalue weighted by atomic mass is 10.1. The van der Waals surface area contributed by atoms with Crippen LogP contribution in [0.5, 0.6) is 0 Å². The molecule has 0 unspecified atom stereocenters. The molecule has 6 nitrogen and oxygen atoms in total.